The van der Waals surface area contributed by atoms with Crippen LogP contribution in [0.4, 0.5) is 11.4 Å². The predicted molar refractivity (Wildman–Crippen MR) is 103 cm³/mol. The van der Waals surface area contributed by atoms with Crippen molar-refractivity contribution in [3.8, 4) is 5.75 Å². The van der Waals surface area contributed by atoms with Gasteiger partial charge in [-0.05, 0) is 50.6 Å². The molecule has 3 aromatic rings. The van der Waals surface area contributed by atoms with Crippen LogP contribution in [0.25, 0.3) is 10.9 Å². The molecule has 0 saturated carbocycles. The van der Waals surface area contributed by atoms with E-state index in [2.05, 4.69) is 10.3 Å². The van der Waals surface area contributed by atoms with Crippen molar-refractivity contribution in [1.29, 1.82) is 0 Å². The fourth-order valence-corrected chi connectivity index (χ4v) is 2.77. The van der Waals surface area contributed by atoms with Crippen molar-refractivity contribution in [3.05, 3.63) is 59.8 Å². The Morgan fingerprint density at radius 1 is 1.12 bits per heavy atom. The summed E-state index contributed by atoms with van der Waals surface area (Å²) in [4.78, 5) is 16.9. The first-order chi connectivity index (χ1) is 12.6. The van der Waals surface area contributed by atoms with Crippen LogP contribution in [-0.2, 0) is 4.74 Å². The summed E-state index contributed by atoms with van der Waals surface area (Å²) in [6.07, 6.45) is 1.56. The van der Waals surface area contributed by atoms with Gasteiger partial charge in [0.25, 0.3) is 0 Å². The minimum atomic E-state index is -0.403. The van der Waals surface area contributed by atoms with Crippen LogP contribution in [0, 0.1) is 6.92 Å². The van der Waals surface area contributed by atoms with Gasteiger partial charge in [-0.15, -0.1) is 0 Å². The highest BCUT2D eigenvalue weighted by Crippen LogP contribution is 2.33. The highest BCUT2D eigenvalue weighted by Gasteiger charge is 2.18. The maximum absolute atomic E-state index is 12.5. The third kappa shape index (κ3) is 3.61. The number of rotatable bonds is 6. The topological polar surface area (TPSA) is 60.5 Å². The molecule has 0 amide bonds. The summed E-state index contributed by atoms with van der Waals surface area (Å²) in [7, 11) is 0. The molecule has 5 heteroatoms. The number of pyridine rings is 1. The summed E-state index contributed by atoms with van der Waals surface area (Å²) in [6, 6.07) is 13.6. The van der Waals surface area contributed by atoms with Crippen LogP contribution in [0.1, 0.15) is 29.8 Å². The van der Waals surface area contributed by atoms with E-state index in [9.17, 15) is 4.79 Å². The normalized spacial score (nSPS) is 10.6. The lowest BCUT2D eigenvalue weighted by Crippen LogP contribution is -2.09. The van der Waals surface area contributed by atoms with Crippen molar-refractivity contribution >= 4 is 28.2 Å². The molecule has 0 fully saturated rings. The van der Waals surface area contributed by atoms with Gasteiger partial charge < -0.3 is 14.8 Å². The molecule has 1 heterocycles. The highest BCUT2D eigenvalue weighted by atomic mass is 16.5. The Kier molecular flexibility index (Phi) is 5.37. The number of fused-ring (bicyclic) bond motifs is 1. The maximum Gasteiger partial charge on any atom is 0.341 e. The number of aromatic nitrogens is 1. The molecule has 5 nitrogen and oxygen atoms in total. The molecule has 1 aromatic heterocycles. The molecule has 0 aliphatic heterocycles. The zero-order valence-corrected chi connectivity index (χ0v) is 15.2. The minimum absolute atomic E-state index is 0.305. The Bertz CT molecular complexity index is 938. The Morgan fingerprint density at radius 2 is 1.92 bits per heavy atom. The van der Waals surface area contributed by atoms with Gasteiger partial charge in [0.05, 0.1) is 24.4 Å². The largest absolute Gasteiger partial charge is 0.494 e. The summed E-state index contributed by atoms with van der Waals surface area (Å²) in [5.41, 5.74) is 3.85. The number of hydrogen-bond acceptors (Lipinski definition) is 5. The van der Waals surface area contributed by atoms with Gasteiger partial charge in [-0.2, -0.15) is 0 Å². The molecule has 3 rings (SSSR count). The van der Waals surface area contributed by atoms with Crippen molar-refractivity contribution in [2.75, 3.05) is 18.5 Å². The number of carbonyl (C=O) groups excluding carboxylic acids is 1. The fraction of sp³-hybridized carbons (Fsp3) is 0.238. The van der Waals surface area contributed by atoms with Gasteiger partial charge >= 0.3 is 5.97 Å². The summed E-state index contributed by atoms with van der Waals surface area (Å²) in [5.74, 6) is 0.329. The average molecular weight is 350 g/mol. The first kappa shape index (κ1) is 17.7. The van der Waals surface area contributed by atoms with E-state index in [1.54, 1.807) is 13.1 Å². The number of esters is 1. The second-order valence-electron chi connectivity index (χ2n) is 5.82. The third-order valence-corrected chi connectivity index (χ3v) is 4.05. The number of carbonyl (C=O) groups is 1. The second kappa shape index (κ2) is 7.87. The molecule has 0 saturated heterocycles. The van der Waals surface area contributed by atoms with Crippen molar-refractivity contribution in [2.45, 2.75) is 20.8 Å². The molecule has 0 aliphatic carbocycles. The van der Waals surface area contributed by atoms with Gasteiger partial charge in [-0.25, -0.2) is 4.79 Å². The molecule has 134 valence electrons. The van der Waals surface area contributed by atoms with Crippen LogP contribution in [-0.4, -0.2) is 24.2 Å². The molecular formula is C21H22N2O3. The van der Waals surface area contributed by atoms with Crippen molar-refractivity contribution in [1.82, 2.24) is 4.98 Å². The van der Waals surface area contributed by atoms with E-state index in [0.29, 0.717) is 24.5 Å². The molecule has 2 aromatic carbocycles. The van der Waals surface area contributed by atoms with Gasteiger partial charge in [-0.3, -0.25) is 4.98 Å². The number of hydrogen-bond donors (Lipinski definition) is 1. The zero-order chi connectivity index (χ0) is 18.5. The third-order valence-electron chi connectivity index (χ3n) is 4.05. The summed E-state index contributed by atoms with van der Waals surface area (Å²) < 4.78 is 10.8. The Morgan fingerprint density at radius 3 is 2.65 bits per heavy atom. The number of ether oxygens (including phenoxy) is 2. The van der Waals surface area contributed by atoms with E-state index in [0.717, 1.165) is 27.9 Å². The lowest BCUT2D eigenvalue weighted by Gasteiger charge is -2.16. The molecule has 0 bridgehead atoms. The first-order valence-electron chi connectivity index (χ1n) is 8.69. The molecule has 0 aliphatic rings. The Balaban J connectivity index is 2.19. The quantitative estimate of drug-likeness (QED) is 0.643. The van der Waals surface area contributed by atoms with Crippen LogP contribution in [0.3, 0.4) is 0 Å². The smallest absolute Gasteiger partial charge is 0.341 e. The van der Waals surface area contributed by atoms with Gasteiger partial charge in [0.2, 0.25) is 0 Å². The number of benzene rings is 2. The van der Waals surface area contributed by atoms with E-state index in [4.69, 9.17) is 9.47 Å². The predicted octanol–water partition coefficient (Wildman–Crippen LogP) is 4.86. The monoisotopic (exact) mass is 350 g/mol. The van der Waals surface area contributed by atoms with Crippen LogP contribution in [0.2, 0.25) is 0 Å². The van der Waals surface area contributed by atoms with Crippen molar-refractivity contribution < 1.29 is 14.3 Å². The molecular weight excluding hydrogens is 328 g/mol. The van der Waals surface area contributed by atoms with E-state index in [1.807, 2.05) is 56.3 Å². The van der Waals surface area contributed by atoms with Gasteiger partial charge in [0.15, 0.2) is 0 Å². The zero-order valence-electron chi connectivity index (χ0n) is 15.2. The van der Waals surface area contributed by atoms with E-state index in [1.165, 1.54) is 0 Å². The lowest BCUT2D eigenvalue weighted by molar-refractivity contribution is 0.0527. The number of nitrogens with one attached hydrogen (secondary N) is 1. The minimum Gasteiger partial charge on any atom is -0.494 e. The van der Waals surface area contributed by atoms with Crippen molar-refractivity contribution in [3.63, 3.8) is 0 Å². The number of anilines is 2. The molecule has 0 unspecified atom stereocenters. The van der Waals surface area contributed by atoms with Crippen LogP contribution < -0.4 is 10.1 Å². The highest BCUT2D eigenvalue weighted by molar-refractivity contribution is 6.06. The van der Waals surface area contributed by atoms with Crippen molar-refractivity contribution in [2.24, 2.45) is 0 Å². The summed E-state index contributed by atoms with van der Waals surface area (Å²) in [5, 5.41) is 4.21. The van der Waals surface area contributed by atoms with E-state index in [-0.39, 0.29) is 0 Å². The summed E-state index contributed by atoms with van der Waals surface area (Å²) in [6.45, 7) is 6.61. The number of aryl methyl sites for hydroxylation is 1. The molecule has 0 atom stereocenters. The maximum atomic E-state index is 12.5. The fourth-order valence-electron chi connectivity index (χ4n) is 2.77. The van der Waals surface area contributed by atoms with Gasteiger partial charge in [0.1, 0.15) is 11.3 Å². The SMILES string of the molecule is CCOC(=O)c1cnc2ccc(OCC)cc2c1Nc1ccccc1C. The second-order valence-corrected chi connectivity index (χ2v) is 5.82. The van der Waals surface area contributed by atoms with Gasteiger partial charge in [-0.1, -0.05) is 18.2 Å². The number of nitrogens with zero attached hydrogens (tertiary/aromatic N) is 1. The Hall–Kier alpha value is -3.08. The molecule has 0 spiro atoms. The average Bonchev–Trinajstić information content (AvgIpc) is 2.64. The number of para-hydroxylation sites is 1. The molecule has 26 heavy (non-hydrogen) atoms. The lowest BCUT2D eigenvalue weighted by atomic mass is 10.1. The summed E-state index contributed by atoms with van der Waals surface area (Å²) >= 11 is 0. The standard InChI is InChI=1S/C21H22N2O3/c1-4-25-15-10-11-19-16(12-15)20(17(13-22-19)21(24)26-5-2)23-18-9-7-6-8-14(18)3/h6-13H,4-5H2,1-3H3,(H,22,23). The van der Waals surface area contributed by atoms with Crippen LogP contribution in [0.15, 0.2) is 48.7 Å². The molecule has 1 N–H and O–H groups in total. The Labute approximate surface area is 153 Å². The first-order valence-corrected chi connectivity index (χ1v) is 8.69. The van der Waals surface area contributed by atoms with E-state index >= 15 is 0 Å². The van der Waals surface area contributed by atoms with Crippen LogP contribution >= 0.6 is 0 Å². The van der Waals surface area contributed by atoms with Crippen LogP contribution in [0.5, 0.6) is 5.75 Å². The van der Waals surface area contributed by atoms with E-state index < -0.39 is 5.97 Å². The molecule has 0 radical (unpaired) electrons. The van der Waals surface area contributed by atoms with Gasteiger partial charge in [0, 0.05) is 17.3 Å².